The van der Waals surface area contributed by atoms with Gasteiger partial charge >= 0.3 is 6.09 Å². The van der Waals surface area contributed by atoms with Gasteiger partial charge in [-0.1, -0.05) is 12.1 Å². The summed E-state index contributed by atoms with van der Waals surface area (Å²) >= 11 is 0. The normalized spacial score (nSPS) is 19.5. The first-order valence-electron chi connectivity index (χ1n) is 9.76. The topological polar surface area (TPSA) is 78.6 Å². The Morgan fingerprint density at radius 2 is 2.03 bits per heavy atom. The molecular weight excluding hydrogens is 380 g/mol. The smallest absolute Gasteiger partial charge is 0.408 e. The summed E-state index contributed by atoms with van der Waals surface area (Å²) < 4.78 is 30.2. The van der Waals surface area contributed by atoms with Crippen molar-refractivity contribution in [1.29, 1.82) is 0 Å². The maximum atomic E-state index is 14.5. The first-order chi connectivity index (χ1) is 13.6. The van der Waals surface area contributed by atoms with E-state index in [0.29, 0.717) is 31.6 Å². The maximum Gasteiger partial charge on any atom is 0.408 e. The van der Waals surface area contributed by atoms with Crippen LogP contribution in [0.3, 0.4) is 0 Å². The lowest BCUT2D eigenvalue weighted by atomic mass is 9.91. The van der Waals surface area contributed by atoms with Crippen molar-refractivity contribution in [3.63, 3.8) is 0 Å². The molecule has 3 rings (SSSR count). The second-order valence-electron chi connectivity index (χ2n) is 8.45. The monoisotopic (exact) mass is 407 g/mol. The quantitative estimate of drug-likeness (QED) is 0.800. The SMILES string of the molecule is CC(C)(C)N(C(=O)O)[C@@H]1CC[C@@H](c2cccc(F)c2F)Cn2c(CCO)cnc21. The zero-order valence-electron chi connectivity index (χ0n) is 16.9. The zero-order valence-corrected chi connectivity index (χ0v) is 16.9. The van der Waals surface area contributed by atoms with Gasteiger partial charge in [-0.3, -0.25) is 4.90 Å². The summed E-state index contributed by atoms with van der Waals surface area (Å²) in [6, 6.07) is 3.62. The van der Waals surface area contributed by atoms with Crippen LogP contribution in [-0.4, -0.2) is 42.9 Å². The fraction of sp³-hybridized carbons (Fsp3) is 0.524. The van der Waals surface area contributed by atoms with E-state index in [-0.39, 0.29) is 18.1 Å². The molecule has 1 aliphatic heterocycles. The number of carboxylic acid groups (broad SMARTS) is 1. The van der Waals surface area contributed by atoms with Crippen LogP contribution in [0.2, 0.25) is 0 Å². The molecule has 0 bridgehead atoms. The molecule has 0 aliphatic carbocycles. The van der Waals surface area contributed by atoms with Crippen LogP contribution in [0, 0.1) is 11.6 Å². The number of carbonyl (C=O) groups is 1. The molecule has 0 spiro atoms. The third-order valence-electron chi connectivity index (χ3n) is 5.49. The first kappa shape index (κ1) is 21.2. The average Bonchev–Trinajstić information content (AvgIpc) is 2.91. The molecule has 1 aliphatic rings. The highest BCUT2D eigenvalue weighted by molar-refractivity contribution is 5.66. The number of hydrogen-bond donors (Lipinski definition) is 2. The molecule has 1 aromatic carbocycles. The second kappa shape index (κ2) is 8.10. The van der Waals surface area contributed by atoms with E-state index in [4.69, 9.17) is 0 Å². The van der Waals surface area contributed by atoms with Crippen LogP contribution in [0.4, 0.5) is 13.6 Å². The molecule has 0 saturated carbocycles. The number of amides is 1. The van der Waals surface area contributed by atoms with Crippen LogP contribution >= 0.6 is 0 Å². The molecule has 2 atom stereocenters. The molecule has 1 amide bonds. The van der Waals surface area contributed by atoms with Crippen LogP contribution in [0.15, 0.2) is 24.4 Å². The summed E-state index contributed by atoms with van der Waals surface area (Å²) in [5.41, 5.74) is 0.349. The van der Waals surface area contributed by atoms with E-state index < -0.39 is 29.3 Å². The third kappa shape index (κ3) is 4.12. The molecule has 2 N–H and O–H groups in total. The van der Waals surface area contributed by atoms with Gasteiger partial charge in [-0.05, 0) is 45.2 Å². The Morgan fingerprint density at radius 1 is 1.31 bits per heavy atom. The third-order valence-corrected chi connectivity index (χ3v) is 5.49. The minimum Gasteiger partial charge on any atom is -0.465 e. The fourth-order valence-corrected chi connectivity index (χ4v) is 4.24. The summed E-state index contributed by atoms with van der Waals surface area (Å²) in [4.78, 5) is 17.9. The van der Waals surface area contributed by atoms with Gasteiger partial charge < -0.3 is 14.8 Å². The minimum absolute atomic E-state index is 0.0866. The lowest BCUT2D eigenvalue weighted by Gasteiger charge is -2.39. The van der Waals surface area contributed by atoms with Gasteiger partial charge in [0.05, 0.1) is 6.04 Å². The van der Waals surface area contributed by atoms with Crippen molar-refractivity contribution in [2.75, 3.05) is 6.61 Å². The Bertz CT molecular complexity index is 892. The van der Waals surface area contributed by atoms with Gasteiger partial charge in [0.2, 0.25) is 0 Å². The molecule has 2 aromatic rings. The molecule has 1 aromatic heterocycles. The summed E-state index contributed by atoms with van der Waals surface area (Å²) in [5.74, 6) is -1.53. The van der Waals surface area contributed by atoms with Crippen LogP contribution in [-0.2, 0) is 13.0 Å². The van der Waals surface area contributed by atoms with Gasteiger partial charge in [-0.15, -0.1) is 0 Å². The number of rotatable bonds is 4. The number of hydrogen-bond acceptors (Lipinski definition) is 3. The zero-order chi connectivity index (χ0) is 21.3. The van der Waals surface area contributed by atoms with Crippen molar-refractivity contribution in [2.24, 2.45) is 0 Å². The molecule has 0 fully saturated rings. The highest BCUT2D eigenvalue weighted by atomic mass is 19.2. The Kier molecular flexibility index (Phi) is 5.93. The predicted octanol–water partition coefficient (Wildman–Crippen LogP) is 4.09. The number of aliphatic hydroxyl groups excluding tert-OH is 1. The number of halogens is 2. The van der Waals surface area contributed by atoms with Gasteiger partial charge in [-0.25, -0.2) is 18.6 Å². The van der Waals surface area contributed by atoms with E-state index in [9.17, 15) is 23.8 Å². The molecule has 0 radical (unpaired) electrons. The van der Waals surface area contributed by atoms with Crippen molar-refractivity contribution < 1.29 is 23.8 Å². The van der Waals surface area contributed by atoms with Crippen LogP contribution in [0.25, 0.3) is 0 Å². The molecule has 8 heteroatoms. The van der Waals surface area contributed by atoms with Crippen LogP contribution in [0.1, 0.15) is 62.7 Å². The summed E-state index contributed by atoms with van der Waals surface area (Å²) in [6.07, 6.45) is 1.83. The van der Waals surface area contributed by atoms with E-state index >= 15 is 0 Å². The van der Waals surface area contributed by atoms with Crippen molar-refractivity contribution in [1.82, 2.24) is 14.5 Å². The van der Waals surface area contributed by atoms with Gasteiger partial charge in [0.1, 0.15) is 5.82 Å². The molecule has 6 nitrogen and oxygen atoms in total. The van der Waals surface area contributed by atoms with E-state index in [1.54, 1.807) is 12.3 Å². The standard InChI is InChI=1S/C21H27F2N3O3/c1-21(2,3)26(20(28)29)17-8-7-13(15-5-4-6-16(22)18(15)23)12-25-14(9-10-27)11-24-19(17)25/h4-6,11,13,17,27H,7-10,12H2,1-3H3,(H,28,29)/t13-,17-/m1/s1. The molecule has 158 valence electrons. The highest BCUT2D eigenvalue weighted by Gasteiger charge is 2.39. The maximum absolute atomic E-state index is 14.5. The van der Waals surface area contributed by atoms with Crippen LogP contribution in [0.5, 0.6) is 0 Å². The molecule has 29 heavy (non-hydrogen) atoms. The summed E-state index contributed by atoms with van der Waals surface area (Å²) in [7, 11) is 0. The summed E-state index contributed by atoms with van der Waals surface area (Å²) in [6.45, 7) is 5.71. The Hall–Kier alpha value is -2.48. The molecule has 2 heterocycles. The van der Waals surface area contributed by atoms with Crippen molar-refractivity contribution in [2.45, 2.75) is 64.1 Å². The van der Waals surface area contributed by atoms with E-state index in [1.807, 2.05) is 25.3 Å². The molecular formula is C21H27F2N3O3. The fourth-order valence-electron chi connectivity index (χ4n) is 4.24. The van der Waals surface area contributed by atoms with Crippen molar-refractivity contribution >= 4 is 6.09 Å². The average molecular weight is 407 g/mol. The highest BCUT2D eigenvalue weighted by Crippen LogP contribution is 2.39. The Morgan fingerprint density at radius 3 is 2.66 bits per heavy atom. The van der Waals surface area contributed by atoms with Crippen LogP contribution < -0.4 is 0 Å². The number of aliphatic hydroxyl groups is 1. The van der Waals surface area contributed by atoms with Gasteiger partial charge in [0.15, 0.2) is 11.6 Å². The number of benzene rings is 1. The van der Waals surface area contributed by atoms with E-state index in [2.05, 4.69) is 4.98 Å². The largest absolute Gasteiger partial charge is 0.465 e. The lowest BCUT2D eigenvalue weighted by molar-refractivity contribution is 0.0633. The van der Waals surface area contributed by atoms with E-state index in [0.717, 1.165) is 11.8 Å². The lowest BCUT2D eigenvalue weighted by Crippen LogP contribution is -2.47. The second-order valence-corrected chi connectivity index (χ2v) is 8.45. The number of nitrogens with zero attached hydrogens (tertiary/aromatic N) is 3. The first-order valence-corrected chi connectivity index (χ1v) is 9.76. The van der Waals surface area contributed by atoms with Gasteiger partial charge in [-0.2, -0.15) is 0 Å². The minimum atomic E-state index is -1.06. The number of fused-ring (bicyclic) bond motifs is 1. The summed E-state index contributed by atoms with van der Waals surface area (Å²) in [5, 5.41) is 19.3. The van der Waals surface area contributed by atoms with Crippen molar-refractivity contribution in [3.05, 3.63) is 53.1 Å². The molecule has 0 saturated heterocycles. The van der Waals surface area contributed by atoms with Gasteiger partial charge in [0.25, 0.3) is 0 Å². The Balaban J connectivity index is 2.09. The predicted molar refractivity (Wildman–Crippen MR) is 104 cm³/mol. The Labute approximate surface area is 168 Å². The van der Waals surface area contributed by atoms with E-state index in [1.165, 1.54) is 11.0 Å². The molecule has 0 unspecified atom stereocenters. The number of imidazole rings is 1. The number of aromatic nitrogens is 2. The van der Waals surface area contributed by atoms with Gasteiger partial charge in [0, 0.05) is 42.9 Å². The van der Waals surface area contributed by atoms with Crippen molar-refractivity contribution in [3.8, 4) is 0 Å².